The lowest BCUT2D eigenvalue weighted by molar-refractivity contribution is -0.122. The van der Waals surface area contributed by atoms with E-state index in [0.717, 1.165) is 17.7 Å². The van der Waals surface area contributed by atoms with Crippen LogP contribution in [0.1, 0.15) is 18.9 Å². The van der Waals surface area contributed by atoms with Gasteiger partial charge in [-0.25, -0.2) is 0 Å². The van der Waals surface area contributed by atoms with E-state index in [9.17, 15) is 4.79 Å². The van der Waals surface area contributed by atoms with Crippen molar-refractivity contribution in [2.45, 2.75) is 25.9 Å². The molecule has 1 aromatic heterocycles. The largest absolute Gasteiger partial charge is 0.374 e. The van der Waals surface area contributed by atoms with Gasteiger partial charge in [-0.2, -0.15) is 0 Å². The lowest BCUT2D eigenvalue weighted by atomic mass is 10.2. The predicted octanol–water partition coefficient (Wildman–Crippen LogP) is 2.59. The lowest BCUT2D eigenvalue weighted by Gasteiger charge is -2.18. The first-order valence-corrected chi connectivity index (χ1v) is 6.78. The summed E-state index contributed by atoms with van der Waals surface area (Å²) in [4.78, 5) is 16.1. The second-order valence-corrected chi connectivity index (χ2v) is 4.54. The Labute approximate surface area is 119 Å². The number of para-hydroxylation sites is 1. The summed E-state index contributed by atoms with van der Waals surface area (Å²) in [6.07, 6.45) is 4.18. The summed E-state index contributed by atoms with van der Waals surface area (Å²) in [5, 5.41) is 6.18. The summed E-state index contributed by atoms with van der Waals surface area (Å²) in [5.41, 5.74) is 2.00. The predicted molar refractivity (Wildman–Crippen MR) is 80.2 cm³/mol. The zero-order valence-electron chi connectivity index (χ0n) is 11.5. The molecule has 2 rings (SSSR count). The SMILES string of the molecule is CCC(Nc1ccccc1)C(=O)NCc1ccncc1. The summed E-state index contributed by atoms with van der Waals surface area (Å²) in [6.45, 7) is 2.51. The van der Waals surface area contributed by atoms with Gasteiger partial charge in [0, 0.05) is 24.6 Å². The third kappa shape index (κ3) is 4.09. The molecule has 4 nitrogen and oxygen atoms in total. The normalized spacial score (nSPS) is 11.7. The lowest BCUT2D eigenvalue weighted by Crippen LogP contribution is -2.38. The number of rotatable bonds is 6. The van der Waals surface area contributed by atoms with Crippen molar-refractivity contribution < 1.29 is 4.79 Å². The number of aromatic nitrogens is 1. The van der Waals surface area contributed by atoms with Crippen LogP contribution in [0.25, 0.3) is 0 Å². The topological polar surface area (TPSA) is 54.0 Å². The summed E-state index contributed by atoms with van der Waals surface area (Å²) in [6, 6.07) is 13.3. The Morgan fingerprint density at radius 3 is 2.50 bits per heavy atom. The zero-order valence-corrected chi connectivity index (χ0v) is 11.5. The number of benzene rings is 1. The molecule has 0 saturated carbocycles. The van der Waals surface area contributed by atoms with Gasteiger partial charge < -0.3 is 10.6 Å². The average molecular weight is 269 g/mol. The van der Waals surface area contributed by atoms with Gasteiger partial charge in [-0.3, -0.25) is 9.78 Å². The molecule has 1 atom stereocenters. The minimum absolute atomic E-state index is 0.00756. The highest BCUT2D eigenvalue weighted by Crippen LogP contribution is 2.09. The highest BCUT2D eigenvalue weighted by atomic mass is 16.2. The van der Waals surface area contributed by atoms with Crippen LogP contribution in [0.3, 0.4) is 0 Å². The molecule has 1 aromatic carbocycles. The maximum Gasteiger partial charge on any atom is 0.242 e. The van der Waals surface area contributed by atoms with Gasteiger partial charge in [0.2, 0.25) is 5.91 Å². The zero-order chi connectivity index (χ0) is 14.2. The quantitative estimate of drug-likeness (QED) is 0.847. The van der Waals surface area contributed by atoms with Crippen molar-refractivity contribution in [1.29, 1.82) is 0 Å². The maximum atomic E-state index is 12.2. The fourth-order valence-electron chi connectivity index (χ4n) is 1.90. The molecule has 0 saturated heterocycles. The van der Waals surface area contributed by atoms with Crippen LogP contribution < -0.4 is 10.6 Å². The smallest absolute Gasteiger partial charge is 0.242 e. The number of nitrogens with zero attached hydrogens (tertiary/aromatic N) is 1. The van der Waals surface area contributed by atoms with Crippen LogP contribution in [0.5, 0.6) is 0 Å². The number of hydrogen-bond donors (Lipinski definition) is 2. The number of carbonyl (C=O) groups is 1. The summed E-state index contributed by atoms with van der Waals surface area (Å²) in [7, 11) is 0. The van der Waals surface area contributed by atoms with Crippen LogP contribution in [-0.2, 0) is 11.3 Å². The molecular weight excluding hydrogens is 250 g/mol. The van der Waals surface area contributed by atoms with Crippen LogP contribution >= 0.6 is 0 Å². The van der Waals surface area contributed by atoms with Crippen LogP contribution in [0.15, 0.2) is 54.9 Å². The molecule has 1 unspecified atom stereocenters. The molecule has 0 aliphatic carbocycles. The first-order valence-electron chi connectivity index (χ1n) is 6.78. The van der Waals surface area contributed by atoms with Crippen molar-refractivity contribution in [2.24, 2.45) is 0 Å². The molecule has 0 radical (unpaired) electrons. The van der Waals surface area contributed by atoms with Crippen LogP contribution in [0.4, 0.5) is 5.69 Å². The minimum Gasteiger partial charge on any atom is -0.374 e. The second-order valence-electron chi connectivity index (χ2n) is 4.54. The minimum atomic E-state index is -0.223. The number of nitrogens with one attached hydrogen (secondary N) is 2. The van der Waals surface area contributed by atoms with Crippen LogP contribution in [0.2, 0.25) is 0 Å². The number of amides is 1. The summed E-state index contributed by atoms with van der Waals surface area (Å²) < 4.78 is 0. The summed E-state index contributed by atoms with van der Waals surface area (Å²) in [5.74, 6) is 0.00756. The van der Waals surface area contributed by atoms with Crippen molar-refractivity contribution in [3.05, 3.63) is 60.4 Å². The fourth-order valence-corrected chi connectivity index (χ4v) is 1.90. The van der Waals surface area contributed by atoms with E-state index in [1.807, 2.05) is 49.4 Å². The molecule has 2 N–H and O–H groups in total. The first kappa shape index (κ1) is 14.1. The Balaban J connectivity index is 1.89. The van der Waals surface area contributed by atoms with Crippen molar-refractivity contribution in [3.63, 3.8) is 0 Å². The first-order chi connectivity index (χ1) is 9.79. The van der Waals surface area contributed by atoms with E-state index < -0.39 is 0 Å². The number of carbonyl (C=O) groups excluding carboxylic acids is 1. The van der Waals surface area contributed by atoms with Gasteiger partial charge >= 0.3 is 0 Å². The molecule has 2 aromatic rings. The van der Waals surface area contributed by atoms with E-state index in [1.165, 1.54) is 0 Å². The van der Waals surface area contributed by atoms with Gasteiger partial charge in [-0.1, -0.05) is 25.1 Å². The standard InChI is InChI=1S/C16H19N3O/c1-2-15(19-14-6-4-3-5-7-14)16(20)18-12-13-8-10-17-11-9-13/h3-11,15,19H,2,12H2,1H3,(H,18,20). The van der Waals surface area contributed by atoms with Gasteiger partial charge in [-0.05, 0) is 36.2 Å². The third-order valence-electron chi connectivity index (χ3n) is 3.06. The molecule has 0 aliphatic rings. The van der Waals surface area contributed by atoms with Gasteiger partial charge in [-0.15, -0.1) is 0 Å². The highest BCUT2D eigenvalue weighted by Gasteiger charge is 2.15. The molecule has 1 heterocycles. The van der Waals surface area contributed by atoms with E-state index in [2.05, 4.69) is 15.6 Å². The molecule has 104 valence electrons. The molecule has 0 bridgehead atoms. The molecule has 0 spiro atoms. The van der Waals surface area contributed by atoms with Crippen molar-refractivity contribution in [3.8, 4) is 0 Å². The molecule has 4 heteroatoms. The van der Waals surface area contributed by atoms with Crippen molar-refractivity contribution in [1.82, 2.24) is 10.3 Å². The Bertz CT molecular complexity index is 528. The number of hydrogen-bond acceptors (Lipinski definition) is 3. The third-order valence-corrected chi connectivity index (χ3v) is 3.06. The summed E-state index contributed by atoms with van der Waals surface area (Å²) >= 11 is 0. The molecule has 20 heavy (non-hydrogen) atoms. The van der Waals surface area contributed by atoms with Gasteiger partial charge in [0.1, 0.15) is 6.04 Å². The molecule has 0 fully saturated rings. The highest BCUT2D eigenvalue weighted by molar-refractivity contribution is 5.84. The van der Waals surface area contributed by atoms with Crippen molar-refractivity contribution in [2.75, 3.05) is 5.32 Å². The van der Waals surface area contributed by atoms with E-state index in [1.54, 1.807) is 12.4 Å². The van der Waals surface area contributed by atoms with E-state index in [-0.39, 0.29) is 11.9 Å². The van der Waals surface area contributed by atoms with Crippen LogP contribution in [0, 0.1) is 0 Å². The van der Waals surface area contributed by atoms with Crippen LogP contribution in [-0.4, -0.2) is 16.9 Å². The number of pyridine rings is 1. The fraction of sp³-hybridized carbons (Fsp3) is 0.250. The van der Waals surface area contributed by atoms with Gasteiger partial charge in [0.25, 0.3) is 0 Å². The molecule has 0 aliphatic heterocycles. The maximum absolute atomic E-state index is 12.2. The van der Waals surface area contributed by atoms with E-state index >= 15 is 0 Å². The van der Waals surface area contributed by atoms with Gasteiger partial charge in [0.05, 0.1) is 0 Å². The number of anilines is 1. The molecule has 1 amide bonds. The molecular formula is C16H19N3O. The Hall–Kier alpha value is -2.36. The monoisotopic (exact) mass is 269 g/mol. The van der Waals surface area contributed by atoms with Gasteiger partial charge in [0.15, 0.2) is 0 Å². The Morgan fingerprint density at radius 1 is 1.15 bits per heavy atom. The van der Waals surface area contributed by atoms with Crippen molar-refractivity contribution >= 4 is 11.6 Å². The second kappa shape index (κ2) is 7.28. The van der Waals surface area contributed by atoms with E-state index in [0.29, 0.717) is 6.54 Å². The Kier molecular flexibility index (Phi) is 5.12. The van der Waals surface area contributed by atoms with E-state index in [4.69, 9.17) is 0 Å². The average Bonchev–Trinajstić information content (AvgIpc) is 2.52. The Morgan fingerprint density at radius 2 is 1.85 bits per heavy atom.